The van der Waals surface area contributed by atoms with E-state index in [0.29, 0.717) is 63.8 Å². The van der Waals surface area contributed by atoms with Gasteiger partial charge in [0, 0.05) is 59.9 Å². The number of carbonyl (C=O) groups is 18. The van der Waals surface area contributed by atoms with Gasteiger partial charge in [-0.15, -0.1) is 0 Å². The Bertz CT molecular complexity index is 4490. The lowest BCUT2D eigenvalue weighted by molar-refractivity contribution is -0.145. The predicted octanol–water partition coefficient (Wildman–Crippen LogP) is 5.42. The van der Waals surface area contributed by atoms with Gasteiger partial charge in [-0.3, -0.25) is 71.9 Å². The van der Waals surface area contributed by atoms with Gasteiger partial charge in [0.15, 0.2) is 0 Å². The number of nitrogens with zero attached hydrogens (tertiary/aromatic N) is 6. The van der Waals surface area contributed by atoms with Gasteiger partial charge in [0.05, 0.1) is 18.1 Å². The monoisotopic (exact) mass is 1880 g/mol. The van der Waals surface area contributed by atoms with E-state index in [1.165, 1.54) is 14.7 Å². The van der Waals surface area contributed by atoms with Crippen LogP contribution in [0.2, 0.25) is 0 Å². The Morgan fingerprint density at radius 1 is 0.336 bits per heavy atom. The molecule has 3 unspecified atom stereocenters. The Labute approximate surface area is 793 Å². The summed E-state index contributed by atoms with van der Waals surface area (Å²) in [5.41, 5.74) is 12.0. The number of nitrogens with one attached hydrogen (secondary N) is 9. The molecule has 752 valence electrons. The number of hydrogen-bond donors (Lipinski definition) is 12. The molecule has 36 nitrogen and oxygen atoms in total. The molecule has 36 heteroatoms. The summed E-state index contributed by atoms with van der Waals surface area (Å²) in [6, 6.07) is -13.2. The maximum atomic E-state index is 14.3. The normalized spacial score (nSPS) is 25.3. The average Bonchev–Trinajstić information content (AvgIpc) is 1.53. The van der Waals surface area contributed by atoms with Crippen LogP contribution < -0.4 is 65.1 Å². The summed E-state index contributed by atoms with van der Waals surface area (Å²) in [5.74, 6) is -7.80. The highest BCUT2D eigenvalue weighted by molar-refractivity contribution is 6.39. The zero-order valence-electron chi connectivity index (χ0n) is 85.1. The molecule has 0 bridgehead atoms. The number of ketones is 3. The minimum Gasteiger partial charge on any atom is -0.363 e. The predicted molar refractivity (Wildman–Crippen MR) is 502 cm³/mol. The van der Waals surface area contributed by atoms with E-state index < -0.39 is 188 Å². The summed E-state index contributed by atoms with van der Waals surface area (Å²) in [6.07, 6.45) is 11.9. The number of primary amides is 3. The molecule has 15 N–H and O–H groups in total. The minimum absolute atomic E-state index is 0.0569. The van der Waals surface area contributed by atoms with Crippen molar-refractivity contribution in [2.75, 3.05) is 53.9 Å². The molecule has 11 rings (SSSR count). The number of nitrogens with two attached hydrogens (primary N) is 3. The largest absolute Gasteiger partial charge is 0.363 e. The van der Waals surface area contributed by atoms with Gasteiger partial charge in [-0.05, 0) is 173 Å². The van der Waals surface area contributed by atoms with Crippen LogP contribution in [-0.4, -0.2) is 268 Å². The van der Waals surface area contributed by atoms with Crippen molar-refractivity contribution in [3.8, 4) is 0 Å². The van der Waals surface area contributed by atoms with Crippen LogP contribution in [0.3, 0.4) is 0 Å². The number of rotatable bonds is 36. The fraction of sp³-hybridized carbons (Fsp3) is 0.816. The van der Waals surface area contributed by atoms with Crippen LogP contribution in [0, 0.1) is 114 Å². The van der Waals surface area contributed by atoms with E-state index in [9.17, 15) is 86.3 Å². The molecular weight excluding hydrogens is 1720 g/mol. The molecule has 11 aliphatic rings. The van der Waals surface area contributed by atoms with Gasteiger partial charge in [-0.2, -0.15) is 0 Å². The number of carbonyl (C=O) groups excluding carboxylic acids is 18. The second-order valence-corrected chi connectivity index (χ2v) is 48.9. The lowest BCUT2D eigenvalue weighted by Crippen LogP contribution is -2.63. The molecule has 18 amide bonds. The van der Waals surface area contributed by atoms with Gasteiger partial charge in [-0.25, -0.2) is 14.4 Å². The van der Waals surface area contributed by atoms with Crippen LogP contribution in [0.4, 0.5) is 14.4 Å². The highest BCUT2D eigenvalue weighted by Gasteiger charge is 2.73. The molecule has 0 radical (unpaired) electrons. The van der Waals surface area contributed by atoms with Gasteiger partial charge in [0.25, 0.3) is 17.7 Å². The standard InChI is InChI=1S/C34H56N6O6.C33H54N6O6.C31H52N6O6/c1-32(2,3)25(29(44)39(9)16-19-13-14-19)37-31(46)38-26(33(4,5)6)30(45)40-17-20-22(34(20,7)8)23(40)28(43)36-21(24(41)27(35)42)15-18-11-10-12-18;1-31(2,3)24(28(43)38(9)15-18-12-13-18)36-30(45)37-25(32(4,5)6)29(44)39-16-19-21(33(19,7)8)22(39)27(42)35-20(14-17-10-11-17)23(40)26(34)41;1-15(2)21(27(41)36(10)16(3)4)34-29(43)35-24(30(5,6)7)28(42)37-14-18-20(31(18,8)9)22(37)26(40)33-19(13-17-11-12-17)23(38)25(32)39/h18-23,25-26H,10-17H2,1-9H3,(H2,35,42)(H,36,43)(H2,37,38,46);17-22,24-25H,10-16H2,1-9H3,(H2,34,41)(H,35,42)(H2,36,37,45);15-22,24H,11-14H2,1-10H3,(H2,32,39)(H,33,40)(H2,34,35,43)/t20-,21?,22-,23-,25+,26+;19-,20?,21-,22-,24+,25+;18-,19?,20-,21-,22-,24+/m000/s1. The molecule has 18 atom stereocenters. The minimum atomic E-state index is -1.10. The van der Waals surface area contributed by atoms with E-state index in [2.05, 4.69) is 75.5 Å². The number of likely N-dealkylation sites (N-methyl/N-ethyl adjacent to an activating group) is 3. The number of Topliss-reactive ketones (excluding diaryl/α,β-unsaturated/α-hetero) is 3. The lowest BCUT2D eigenvalue weighted by atomic mass is 9.80. The second-order valence-electron chi connectivity index (χ2n) is 48.9. The maximum Gasteiger partial charge on any atom is 0.316 e. The lowest BCUT2D eigenvalue weighted by Gasteiger charge is -2.39. The quantitative estimate of drug-likeness (QED) is 0.0349. The Hall–Kier alpha value is -9.54. The van der Waals surface area contributed by atoms with Crippen LogP contribution >= 0.6 is 0 Å². The summed E-state index contributed by atoms with van der Waals surface area (Å²) in [5, 5.41) is 25.3. The molecule has 11 fully saturated rings. The maximum absolute atomic E-state index is 14.3. The number of fused-ring (bicyclic) bond motifs is 3. The fourth-order valence-corrected chi connectivity index (χ4v) is 20.5. The van der Waals surface area contributed by atoms with Crippen molar-refractivity contribution in [3.05, 3.63) is 0 Å². The summed E-state index contributed by atoms with van der Waals surface area (Å²) < 4.78 is 0. The van der Waals surface area contributed by atoms with Gasteiger partial charge >= 0.3 is 18.1 Å². The van der Waals surface area contributed by atoms with Crippen molar-refractivity contribution in [1.82, 2.24) is 77.3 Å². The first-order valence-electron chi connectivity index (χ1n) is 48.8. The van der Waals surface area contributed by atoms with Crippen LogP contribution in [0.1, 0.15) is 263 Å². The van der Waals surface area contributed by atoms with Gasteiger partial charge in [0.2, 0.25) is 70.5 Å². The fourth-order valence-electron chi connectivity index (χ4n) is 20.5. The van der Waals surface area contributed by atoms with E-state index in [1.54, 1.807) is 35.8 Å². The third-order valence-corrected chi connectivity index (χ3v) is 30.7. The molecule has 8 aliphatic carbocycles. The van der Waals surface area contributed by atoms with Gasteiger partial charge in [-0.1, -0.05) is 204 Å². The number of urea groups is 3. The first-order chi connectivity index (χ1) is 61.5. The van der Waals surface area contributed by atoms with Crippen LogP contribution in [0.25, 0.3) is 0 Å². The molecule has 0 spiro atoms. The first-order valence-corrected chi connectivity index (χ1v) is 48.8. The van der Waals surface area contributed by atoms with Crippen LogP contribution in [-0.2, 0) is 71.9 Å². The molecule has 3 aliphatic heterocycles. The van der Waals surface area contributed by atoms with Crippen LogP contribution in [0.15, 0.2) is 0 Å². The van der Waals surface area contributed by atoms with Crippen LogP contribution in [0.5, 0.6) is 0 Å². The molecule has 0 aromatic rings. The van der Waals surface area contributed by atoms with E-state index in [4.69, 9.17) is 17.2 Å². The highest BCUT2D eigenvalue weighted by Crippen LogP contribution is 2.67. The number of hydrogen-bond acceptors (Lipinski definition) is 18. The van der Waals surface area contributed by atoms with Crippen molar-refractivity contribution < 1.29 is 86.3 Å². The van der Waals surface area contributed by atoms with E-state index in [0.717, 1.165) is 70.6 Å². The summed E-state index contributed by atoms with van der Waals surface area (Å²) in [4.78, 5) is 247. The summed E-state index contributed by atoms with van der Waals surface area (Å²) in [6.45, 7) is 49.8. The first kappa shape index (κ1) is 108. The molecule has 3 heterocycles. The van der Waals surface area contributed by atoms with E-state index in [-0.39, 0.29) is 99.2 Å². The molecule has 0 aromatic heterocycles. The second kappa shape index (κ2) is 40.6. The van der Waals surface area contributed by atoms with Crippen molar-refractivity contribution in [2.45, 2.75) is 342 Å². The molecule has 0 aromatic carbocycles. The third-order valence-electron chi connectivity index (χ3n) is 30.7. The Morgan fingerprint density at radius 3 is 0.784 bits per heavy atom. The summed E-state index contributed by atoms with van der Waals surface area (Å²) >= 11 is 0. The molecule has 8 saturated carbocycles. The highest BCUT2D eigenvalue weighted by atomic mass is 16.2. The van der Waals surface area contributed by atoms with E-state index >= 15 is 0 Å². The van der Waals surface area contributed by atoms with Crippen molar-refractivity contribution in [1.29, 1.82) is 0 Å². The summed E-state index contributed by atoms with van der Waals surface area (Å²) in [7, 11) is 5.18. The zero-order chi connectivity index (χ0) is 101. The Balaban J connectivity index is 0.000000226. The SMILES string of the molecule is CC(C)[C@H](NC(=O)N[C@H](C(=O)N1C[C@H]2[C@@H]([C@H]1C(=O)NC(CC1CC1)C(=O)C(N)=O)C2(C)C)C(C)(C)C)C(=O)N(C)C(C)C.CN(CC1CC1)C(=O)[C@@H](NC(=O)N[C@H](C(=O)N1C[C@H]2[C@@H]([C@H]1C(=O)NC(CC1CC1)C(=O)C(N)=O)C2(C)C)C(C)(C)C)C(C)(C)C.CN(CC1CC1)C(=O)[C@@H](NC(=O)N[C@H](C(=O)N1C[C@H]2[C@@H]([C@H]1C(=O)NC(CC1CCC1)C(=O)C(N)=O)C2(C)C)C(C)(C)C)C(C)(C)C. The van der Waals surface area contributed by atoms with E-state index in [1.807, 2.05) is 145 Å². The molecule has 134 heavy (non-hydrogen) atoms. The van der Waals surface area contributed by atoms with Crippen molar-refractivity contribution >= 4 is 106 Å². The number of amides is 18. The zero-order valence-corrected chi connectivity index (χ0v) is 85.1. The Morgan fingerprint density at radius 2 is 0.575 bits per heavy atom. The van der Waals surface area contributed by atoms with Gasteiger partial charge in [0.1, 0.15) is 54.4 Å². The van der Waals surface area contributed by atoms with Crippen molar-refractivity contribution in [2.24, 2.45) is 132 Å². The third kappa shape index (κ3) is 25.8. The number of piperidine rings is 3. The molecule has 3 saturated heterocycles. The van der Waals surface area contributed by atoms with Gasteiger partial charge < -0.3 is 94.5 Å². The average molecular weight is 1880 g/mol. The number of likely N-dealkylation sites (tertiary alicyclic amines) is 3. The molecular formula is C98H162N18O18. The topological polar surface area (TPSA) is 513 Å². The Kier molecular flexibility index (Phi) is 32.8. The van der Waals surface area contributed by atoms with Crippen molar-refractivity contribution in [3.63, 3.8) is 0 Å². The smallest absolute Gasteiger partial charge is 0.316 e.